The minimum atomic E-state index is -0.403. The van der Waals surface area contributed by atoms with Gasteiger partial charge in [-0.05, 0) is 35.5 Å². The normalized spacial score (nSPS) is 16.7. The highest BCUT2D eigenvalue weighted by Gasteiger charge is 2.22. The Morgan fingerprint density at radius 1 is 1.42 bits per heavy atom. The lowest BCUT2D eigenvalue weighted by Crippen LogP contribution is -2.23. The van der Waals surface area contributed by atoms with E-state index in [1.54, 1.807) is 24.3 Å². The monoisotopic (exact) mass is 314 g/mol. The van der Waals surface area contributed by atoms with Crippen molar-refractivity contribution in [1.29, 1.82) is 0 Å². The van der Waals surface area contributed by atoms with Crippen LogP contribution in [0.1, 0.15) is 12.5 Å². The van der Waals surface area contributed by atoms with Crippen LogP contribution >= 0.6 is 35.0 Å². The molecule has 0 radical (unpaired) electrons. The van der Waals surface area contributed by atoms with E-state index >= 15 is 0 Å². The first-order valence-electron chi connectivity index (χ1n) is 5.21. The number of nitrogens with one attached hydrogen (secondary N) is 1. The van der Waals surface area contributed by atoms with Crippen molar-refractivity contribution >= 4 is 58.0 Å². The molecule has 7 heteroatoms. The summed E-state index contributed by atoms with van der Waals surface area (Å²) >= 11 is 12.9. The molecule has 0 aliphatic carbocycles. The first-order valence-corrected chi connectivity index (χ1v) is 6.78. The Balaban J connectivity index is 2.22. The van der Waals surface area contributed by atoms with Gasteiger partial charge in [-0.15, -0.1) is 0 Å². The van der Waals surface area contributed by atoms with Crippen LogP contribution in [0.4, 0.5) is 0 Å². The van der Waals surface area contributed by atoms with Gasteiger partial charge in [0.1, 0.15) is 0 Å². The van der Waals surface area contributed by atoms with Gasteiger partial charge in [-0.3, -0.25) is 9.59 Å². The number of amidine groups is 1. The summed E-state index contributed by atoms with van der Waals surface area (Å²) in [6.07, 6.45) is 1.62. The lowest BCUT2D eigenvalue weighted by molar-refractivity contribution is -0.117. The molecule has 0 aromatic heterocycles. The van der Waals surface area contributed by atoms with E-state index in [-0.39, 0.29) is 11.1 Å². The van der Waals surface area contributed by atoms with Crippen LogP contribution < -0.4 is 5.32 Å². The first-order chi connectivity index (χ1) is 8.95. The van der Waals surface area contributed by atoms with Crippen LogP contribution in [0.5, 0.6) is 0 Å². The Bertz CT molecular complexity index is 626. The molecule has 2 amide bonds. The zero-order chi connectivity index (χ0) is 14.0. The van der Waals surface area contributed by atoms with E-state index in [0.717, 1.165) is 11.8 Å². The van der Waals surface area contributed by atoms with Crippen molar-refractivity contribution in [2.24, 2.45) is 4.99 Å². The third kappa shape index (κ3) is 3.59. The van der Waals surface area contributed by atoms with Gasteiger partial charge < -0.3 is 5.32 Å². The van der Waals surface area contributed by atoms with E-state index in [1.807, 2.05) is 0 Å². The molecule has 4 nitrogen and oxygen atoms in total. The number of carbonyl (C=O) groups excluding carboxylic acids is 2. The van der Waals surface area contributed by atoms with E-state index in [2.05, 4.69) is 10.3 Å². The average molecular weight is 315 g/mol. The summed E-state index contributed by atoms with van der Waals surface area (Å²) in [7, 11) is 0. The number of hydrogen-bond donors (Lipinski definition) is 1. The Labute approximate surface area is 123 Å². The molecule has 1 N–H and O–H groups in total. The molecule has 1 aromatic carbocycles. The van der Waals surface area contributed by atoms with Crippen LogP contribution in [0.3, 0.4) is 0 Å². The van der Waals surface area contributed by atoms with E-state index in [0.29, 0.717) is 20.5 Å². The number of nitrogens with zero attached hydrogens (tertiary/aromatic N) is 1. The molecule has 0 fully saturated rings. The average Bonchev–Trinajstić information content (AvgIpc) is 2.62. The molecule has 19 heavy (non-hydrogen) atoms. The Kier molecular flexibility index (Phi) is 4.29. The highest BCUT2D eigenvalue weighted by molar-refractivity contribution is 8.18. The molecule has 0 saturated heterocycles. The molecule has 1 heterocycles. The fraction of sp³-hybridized carbons (Fsp3) is 0.0833. The summed E-state index contributed by atoms with van der Waals surface area (Å²) in [5, 5.41) is 3.71. The van der Waals surface area contributed by atoms with Crippen molar-refractivity contribution in [1.82, 2.24) is 5.32 Å². The van der Waals surface area contributed by atoms with Gasteiger partial charge in [0.15, 0.2) is 5.17 Å². The summed E-state index contributed by atoms with van der Waals surface area (Å²) in [6, 6.07) is 4.98. The van der Waals surface area contributed by atoms with Gasteiger partial charge in [0.2, 0.25) is 5.91 Å². The second-order valence-electron chi connectivity index (χ2n) is 3.68. The molecule has 1 aliphatic rings. The van der Waals surface area contributed by atoms with Crippen molar-refractivity contribution in [3.05, 3.63) is 38.7 Å². The number of aliphatic imine (C=N–C) groups is 1. The summed E-state index contributed by atoms with van der Waals surface area (Å²) in [5.41, 5.74) is 0.668. The molecule has 0 bridgehead atoms. The van der Waals surface area contributed by atoms with Gasteiger partial charge in [0.05, 0.1) is 4.91 Å². The van der Waals surface area contributed by atoms with E-state index in [1.165, 1.54) is 6.92 Å². The minimum absolute atomic E-state index is 0.272. The molecule has 1 aliphatic heterocycles. The highest BCUT2D eigenvalue weighted by atomic mass is 35.5. The summed E-state index contributed by atoms with van der Waals surface area (Å²) in [4.78, 5) is 26.7. The number of rotatable bonds is 1. The number of hydrogen-bond acceptors (Lipinski definition) is 3. The predicted molar refractivity (Wildman–Crippen MR) is 78.3 cm³/mol. The van der Waals surface area contributed by atoms with Crippen molar-refractivity contribution in [2.45, 2.75) is 6.92 Å². The van der Waals surface area contributed by atoms with Gasteiger partial charge >= 0.3 is 0 Å². The van der Waals surface area contributed by atoms with Gasteiger partial charge in [-0.25, -0.2) is 0 Å². The number of amides is 2. The quantitative estimate of drug-likeness (QED) is 0.810. The molecule has 0 spiro atoms. The third-order valence-electron chi connectivity index (χ3n) is 2.15. The second kappa shape index (κ2) is 5.77. The van der Waals surface area contributed by atoms with Crippen LogP contribution in [-0.2, 0) is 9.59 Å². The van der Waals surface area contributed by atoms with Crippen molar-refractivity contribution in [2.75, 3.05) is 0 Å². The number of halogens is 2. The van der Waals surface area contributed by atoms with E-state index in [4.69, 9.17) is 23.2 Å². The van der Waals surface area contributed by atoms with E-state index in [9.17, 15) is 9.59 Å². The molecule has 0 atom stereocenters. The van der Waals surface area contributed by atoms with E-state index < -0.39 is 5.91 Å². The Morgan fingerprint density at radius 3 is 2.79 bits per heavy atom. The molecule has 2 rings (SSSR count). The topological polar surface area (TPSA) is 58.5 Å². The summed E-state index contributed by atoms with van der Waals surface area (Å²) < 4.78 is 0. The molecule has 0 saturated carbocycles. The highest BCUT2D eigenvalue weighted by Crippen LogP contribution is 2.30. The Morgan fingerprint density at radius 2 is 2.16 bits per heavy atom. The van der Waals surface area contributed by atoms with Gasteiger partial charge in [0, 0.05) is 17.0 Å². The number of benzene rings is 1. The maximum Gasteiger partial charge on any atom is 0.286 e. The third-order valence-corrected chi connectivity index (χ3v) is 3.61. The van der Waals surface area contributed by atoms with Crippen molar-refractivity contribution < 1.29 is 9.59 Å². The van der Waals surface area contributed by atoms with Crippen molar-refractivity contribution in [3.63, 3.8) is 0 Å². The van der Waals surface area contributed by atoms with Crippen LogP contribution in [0.25, 0.3) is 6.08 Å². The maximum absolute atomic E-state index is 11.7. The van der Waals surface area contributed by atoms with Gasteiger partial charge in [-0.1, -0.05) is 29.3 Å². The zero-order valence-electron chi connectivity index (χ0n) is 9.74. The lowest BCUT2D eigenvalue weighted by atomic mass is 10.2. The fourth-order valence-electron chi connectivity index (χ4n) is 1.37. The lowest BCUT2D eigenvalue weighted by Gasteiger charge is -2.00. The van der Waals surface area contributed by atoms with Crippen LogP contribution in [0, 0.1) is 0 Å². The Hall–Kier alpha value is -1.30. The molecule has 98 valence electrons. The number of carbonyl (C=O) groups is 2. The first kappa shape index (κ1) is 14.1. The van der Waals surface area contributed by atoms with Gasteiger partial charge in [0.25, 0.3) is 5.91 Å². The summed E-state index contributed by atoms with van der Waals surface area (Å²) in [6.45, 7) is 1.35. The largest absolute Gasteiger partial charge is 0.305 e. The standard InChI is InChI=1S/C12H8Cl2N2O2S/c1-6(17)15-12-16-11(18)10(19-12)4-7-2-3-8(13)5-9(7)14/h2-5H,1H3,(H,15,16,17,18). The molecule has 0 unspecified atom stereocenters. The summed E-state index contributed by atoms with van der Waals surface area (Å²) in [5.74, 6) is -0.676. The number of thioether (sulfide) groups is 1. The molecule has 1 aromatic rings. The maximum atomic E-state index is 11.7. The van der Waals surface area contributed by atoms with Crippen molar-refractivity contribution in [3.8, 4) is 0 Å². The second-order valence-corrected chi connectivity index (χ2v) is 5.55. The predicted octanol–water partition coefficient (Wildman–Crippen LogP) is 3.10. The van der Waals surface area contributed by atoms with Crippen LogP contribution in [0.15, 0.2) is 28.1 Å². The SMILES string of the molecule is CC(=O)NC1=NC(=O)C(=Cc2ccc(Cl)cc2Cl)S1. The zero-order valence-corrected chi connectivity index (χ0v) is 12.1. The minimum Gasteiger partial charge on any atom is -0.305 e. The smallest absolute Gasteiger partial charge is 0.286 e. The molecular formula is C12H8Cl2N2O2S. The molecular weight excluding hydrogens is 307 g/mol. The van der Waals surface area contributed by atoms with Crippen LogP contribution in [0.2, 0.25) is 10.0 Å². The van der Waals surface area contributed by atoms with Gasteiger partial charge in [-0.2, -0.15) is 4.99 Å². The van der Waals surface area contributed by atoms with Crippen LogP contribution in [-0.4, -0.2) is 17.0 Å². The fourth-order valence-corrected chi connectivity index (χ4v) is 2.69.